The Morgan fingerprint density at radius 2 is 2.50 bits per heavy atom. The van der Waals surface area contributed by atoms with Gasteiger partial charge in [0.05, 0.1) is 6.26 Å². The van der Waals surface area contributed by atoms with Gasteiger partial charge in [0, 0.05) is 13.0 Å². The lowest BCUT2D eigenvalue weighted by atomic mass is 10.3. The molecule has 5 N–H and O–H groups in total. The Morgan fingerprint density at radius 1 is 1.67 bits per heavy atom. The van der Waals surface area contributed by atoms with Crippen molar-refractivity contribution in [1.82, 2.24) is 5.43 Å². The van der Waals surface area contributed by atoms with Gasteiger partial charge in [0.15, 0.2) is 0 Å². The van der Waals surface area contributed by atoms with Crippen LogP contribution in [0.2, 0.25) is 0 Å². The van der Waals surface area contributed by atoms with Gasteiger partial charge in [-0.05, 0) is 12.1 Å². The zero-order valence-electron chi connectivity index (χ0n) is 6.66. The molecule has 1 heterocycles. The van der Waals surface area contributed by atoms with E-state index < -0.39 is 0 Å². The van der Waals surface area contributed by atoms with Crippen molar-refractivity contribution in [2.24, 2.45) is 16.6 Å². The van der Waals surface area contributed by atoms with Gasteiger partial charge < -0.3 is 10.2 Å². The normalized spacial score (nSPS) is 11.6. The van der Waals surface area contributed by atoms with Crippen molar-refractivity contribution < 1.29 is 4.42 Å². The third kappa shape index (κ3) is 2.63. The molecule has 0 saturated heterocycles. The van der Waals surface area contributed by atoms with Crippen molar-refractivity contribution in [3.8, 4) is 0 Å². The molecule has 0 atom stereocenters. The molecule has 0 radical (unpaired) electrons. The van der Waals surface area contributed by atoms with Crippen LogP contribution in [0.3, 0.4) is 0 Å². The lowest BCUT2D eigenvalue weighted by molar-refractivity contribution is 0.511. The highest BCUT2D eigenvalue weighted by atomic mass is 16.3. The SMILES string of the molecule is NNC(N)=NCCc1ccco1. The first-order valence-electron chi connectivity index (χ1n) is 3.62. The smallest absolute Gasteiger partial charge is 0.203 e. The number of rotatable bonds is 3. The molecule has 5 nitrogen and oxygen atoms in total. The molecule has 0 bridgehead atoms. The Balaban J connectivity index is 2.28. The summed E-state index contributed by atoms with van der Waals surface area (Å²) < 4.78 is 5.09. The molecule has 0 aromatic carbocycles. The molecule has 0 aliphatic heterocycles. The van der Waals surface area contributed by atoms with E-state index in [2.05, 4.69) is 10.4 Å². The third-order valence-electron chi connectivity index (χ3n) is 1.37. The number of nitrogens with one attached hydrogen (secondary N) is 1. The number of guanidine groups is 1. The lowest BCUT2D eigenvalue weighted by Crippen LogP contribution is -2.37. The second-order valence-electron chi connectivity index (χ2n) is 2.24. The first kappa shape index (κ1) is 8.61. The lowest BCUT2D eigenvalue weighted by Gasteiger charge is -1.96. The van der Waals surface area contributed by atoms with Gasteiger partial charge in [0.1, 0.15) is 5.76 Å². The van der Waals surface area contributed by atoms with Crippen molar-refractivity contribution in [1.29, 1.82) is 0 Å². The van der Waals surface area contributed by atoms with E-state index in [1.807, 2.05) is 12.1 Å². The summed E-state index contributed by atoms with van der Waals surface area (Å²) in [6, 6.07) is 3.73. The minimum Gasteiger partial charge on any atom is -0.469 e. The maximum atomic E-state index is 5.30. The van der Waals surface area contributed by atoms with Gasteiger partial charge in [-0.2, -0.15) is 0 Å². The zero-order valence-corrected chi connectivity index (χ0v) is 6.66. The number of hydrazine groups is 1. The van der Waals surface area contributed by atoms with Crippen LogP contribution in [0.4, 0.5) is 0 Å². The van der Waals surface area contributed by atoms with E-state index >= 15 is 0 Å². The molecule has 0 spiro atoms. The summed E-state index contributed by atoms with van der Waals surface area (Å²) in [5, 5.41) is 0. The van der Waals surface area contributed by atoms with E-state index in [0.717, 1.165) is 12.2 Å². The van der Waals surface area contributed by atoms with Gasteiger partial charge in [-0.1, -0.05) is 0 Å². The van der Waals surface area contributed by atoms with E-state index in [-0.39, 0.29) is 5.96 Å². The van der Waals surface area contributed by atoms with Crippen LogP contribution in [0.25, 0.3) is 0 Å². The van der Waals surface area contributed by atoms with Crippen LogP contribution >= 0.6 is 0 Å². The fraction of sp³-hybridized carbons (Fsp3) is 0.286. The second kappa shape index (κ2) is 4.40. The summed E-state index contributed by atoms with van der Waals surface area (Å²) in [6.45, 7) is 0.573. The fourth-order valence-electron chi connectivity index (χ4n) is 0.787. The summed E-state index contributed by atoms with van der Waals surface area (Å²) in [6.07, 6.45) is 2.36. The van der Waals surface area contributed by atoms with E-state index in [9.17, 15) is 0 Å². The maximum Gasteiger partial charge on any atom is 0.203 e. The summed E-state index contributed by atoms with van der Waals surface area (Å²) >= 11 is 0. The first-order valence-corrected chi connectivity index (χ1v) is 3.62. The first-order chi connectivity index (χ1) is 5.83. The van der Waals surface area contributed by atoms with Crippen molar-refractivity contribution in [3.05, 3.63) is 24.2 Å². The van der Waals surface area contributed by atoms with Crippen LogP contribution in [0.15, 0.2) is 27.8 Å². The third-order valence-corrected chi connectivity index (χ3v) is 1.37. The molecule has 0 unspecified atom stereocenters. The molecule has 1 aromatic rings. The number of hydrogen-bond acceptors (Lipinski definition) is 3. The summed E-state index contributed by atoms with van der Waals surface area (Å²) in [5.74, 6) is 6.13. The zero-order chi connectivity index (χ0) is 8.81. The van der Waals surface area contributed by atoms with E-state index in [0.29, 0.717) is 6.54 Å². The molecular formula is C7H12N4O. The quantitative estimate of drug-likeness (QED) is 0.248. The number of furan rings is 1. The molecule has 0 aliphatic carbocycles. The molecule has 5 heteroatoms. The molecule has 0 amide bonds. The monoisotopic (exact) mass is 168 g/mol. The van der Waals surface area contributed by atoms with Crippen molar-refractivity contribution >= 4 is 5.96 Å². The van der Waals surface area contributed by atoms with Gasteiger partial charge in [-0.25, -0.2) is 5.84 Å². The van der Waals surface area contributed by atoms with Crippen LogP contribution in [-0.4, -0.2) is 12.5 Å². The number of hydrogen-bond donors (Lipinski definition) is 3. The number of nitrogens with zero attached hydrogens (tertiary/aromatic N) is 1. The number of aliphatic imine (C=N–C) groups is 1. The molecule has 66 valence electrons. The minimum absolute atomic E-state index is 0.238. The Kier molecular flexibility index (Phi) is 3.16. The van der Waals surface area contributed by atoms with Gasteiger partial charge >= 0.3 is 0 Å². The molecule has 1 rings (SSSR count). The Bertz CT molecular complexity index is 242. The van der Waals surface area contributed by atoms with Crippen LogP contribution in [0, 0.1) is 0 Å². The van der Waals surface area contributed by atoms with Crippen molar-refractivity contribution in [3.63, 3.8) is 0 Å². The molecule has 1 aromatic heterocycles. The Morgan fingerprint density at radius 3 is 3.08 bits per heavy atom. The highest BCUT2D eigenvalue weighted by Crippen LogP contribution is 2.00. The summed E-state index contributed by atoms with van der Waals surface area (Å²) in [7, 11) is 0. The summed E-state index contributed by atoms with van der Waals surface area (Å²) in [5.41, 5.74) is 7.54. The van der Waals surface area contributed by atoms with E-state index in [4.69, 9.17) is 16.0 Å². The average Bonchev–Trinajstić information content (AvgIpc) is 2.57. The molecule has 12 heavy (non-hydrogen) atoms. The Labute approximate surface area is 70.4 Å². The van der Waals surface area contributed by atoms with Crippen molar-refractivity contribution in [2.45, 2.75) is 6.42 Å². The predicted octanol–water partition coefficient (Wildman–Crippen LogP) is -0.400. The van der Waals surface area contributed by atoms with Crippen LogP contribution in [0.1, 0.15) is 5.76 Å². The maximum absolute atomic E-state index is 5.30. The van der Waals surface area contributed by atoms with Crippen LogP contribution in [0.5, 0.6) is 0 Å². The average molecular weight is 168 g/mol. The molecule has 0 saturated carbocycles. The van der Waals surface area contributed by atoms with E-state index in [1.54, 1.807) is 6.26 Å². The molecular weight excluding hydrogens is 156 g/mol. The van der Waals surface area contributed by atoms with Gasteiger partial charge in [-0.15, -0.1) is 0 Å². The standard InChI is InChI=1S/C7H12N4O/c8-7(11-9)10-4-3-6-2-1-5-12-6/h1-2,5H,3-4,9H2,(H3,8,10,11). The summed E-state index contributed by atoms with van der Waals surface area (Å²) in [4.78, 5) is 3.92. The highest BCUT2D eigenvalue weighted by molar-refractivity contribution is 5.77. The van der Waals surface area contributed by atoms with Gasteiger partial charge in [0.2, 0.25) is 5.96 Å². The molecule has 0 fully saturated rings. The number of nitrogens with two attached hydrogens (primary N) is 2. The predicted molar refractivity (Wildman–Crippen MR) is 46.2 cm³/mol. The van der Waals surface area contributed by atoms with Gasteiger partial charge in [0.25, 0.3) is 0 Å². The fourth-order valence-corrected chi connectivity index (χ4v) is 0.787. The minimum atomic E-state index is 0.238. The largest absolute Gasteiger partial charge is 0.469 e. The topological polar surface area (TPSA) is 89.6 Å². The van der Waals surface area contributed by atoms with Crippen molar-refractivity contribution in [2.75, 3.05) is 6.54 Å². The van der Waals surface area contributed by atoms with Crippen LogP contribution < -0.4 is 17.0 Å². The second-order valence-corrected chi connectivity index (χ2v) is 2.24. The van der Waals surface area contributed by atoms with Crippen LogP contribution in [-0.2, 0) is 6.42 Å². The highest BCUT2D eigenvalue weighted by Gasteiger charge is 1.93. The Hall–Kier alpha value is -1.49. The molecule has 0 aliphatic rings. The van der Waals surface area contributed by atoms with Gasteiger partial charge in [-0.3, -0.25) is 10.4 Å². The van der Waals surface area contributed by atoms with E-state index in [1.165, 1.54) is 0 Å².